The molecule has 2 N–H and O–H groups in total. The standard InChI is InChI=1S/C17H25N3O2.ClH/c1-22-16-7-3-2-6-14(16)15(20-8-4-5-9-20)12-19-17(21)13-10-18-11-13;/h2-3,6-7,13,15,18H,4-5,8-12H2,1H3,(H,19,21);1H. The SMILES string of the molecule is COc1ccccc1C(CNC(=O)C1CNC1)N1CCCC1.Cl. The van der Waals surface area contributed by atoms with E-state index in [2.05, 4.69) is 21.6 Å². The van der Waals surface area contributed by atoms with Crippen LogP contribution in [0.4, 0.5) is 0 Å². The Kier molecular flexibility index (Phi) is 6.69. The molecule has 2 heterocycles. The molecular formula is C17H26ClN3O2. The van der Waals surface area contributed by atoms with Crippen LogP contribution in [0.3, 0.4) is 0 Å². The van der Waals surface area contributed by atoms with E-state index in [0.717, 1.165) is 31.9 Å². The molecule has 0 saturated carbocycles. The summed E-state index contributed by atoms with van der Waals surface area (Å²) in [4.78, 5) is 14.6. The lowest BCUT2D eigenvalue weighted by Gasteiger charge is -2.31. The molecule has 128 valence electrons. The molecule has 1 amide bonds. The first kappa shape index (κ1) is 18.0. The van der Waals surface area contributed by atoms with Crippen LogP contribution in [0.1, 0.15) is 24.4 Å². The zero-order chi connectivity index (χ0) is 15.4. The second-order valence-corrected chi connectivity index (χ2v) is 6.10. The molecule has 2 aliphatic heterocycles. The fourth-order valence-corrected chi connectivity index (χ4v) is 3.25. The summed E-state index contributed by atoms with van der Waals surface area (Å²) in [5.41, 5.74) is 1.17. The predicted octanol–water partition coefficient (Wildman–Crippen LogP) is 1.59. The molecule has 6 heteroatoms. The van der Waals surface area contributed by atoms with Crippen LogP contribution in [-0.4, -0.2) is 50.6 Å². The number of ether oxygens (including phenoxy) is 1. The predicted molar refractivity (Wildman–Crippen MR) is 93.2 cm³/mol. The maximum atomic E-state index is 12.1. The second-order valence-electron chi connectivity index (χ2n) is 6.10. The summed E-state index contributed by atoms with van der Waals surface area (Å²) < 4.78 is 5.52. The van der Waals surface area contributed by atoms with Gasteiger partial charge in [0.1, 0.15) is 5.75 Å². The Bertz CT molecular complexity index is 516. The average molecular weight is 340 g/mol. The summed E-state index contributed by atoms with van der Waals surface area (Å²) in [6.45, 7) is 4.42. The van der Waals surface area contributed by atoms with Gasteiger partial charge in [-0.3, -0.25) is 9.69 Å². The van der Waals surface area contributed by atoms with Gasteiger partial charge >= 0.3 is 0 Å². The smallest absolute Gasteiger partial charge is 0.225 e. The van der Waals surface area contributed by atoms with Crippen molar-refractivity contribution in [2.45, 2.75) is 18.9 Å². The summed E-state index contributed by atoms with van der Waals surface area (Å²) >= 11 is 0. The van der Waals surface area contributed by atoms with E-state index in [1.807, 2.05) is 18.2 Å². The van der Waals surface area contributed by atoms with E-state index in [0.29, 0.717) is 6.54 Å². The Morgan fingerprint density at radius 1 is 1.35 bits per heavy atom. The van der Waals surface area contributed by atoms with Crippen LogP contribution >= 0.6 is 12.4 Å². The molecule has 0 radical (unpaired) electrons. The van der Waals surface area contributed by atoms with Crippen molar-refractivity contribution in [1.29, 1.82) is 0 Å². The Hall–Kier alpha value is -1.30. The van der Waals surface area contributed by atoms with Crippen LogP contribution in [0.5, 0.6) is 5.75 Å². The highest BCUT2D eigenvalue weighted by atomic mass is 35.5. The van der Waals surface area contributed by atoms with Gasteiger partial charge in [0.15, 0.2) is 0 Å². The van der Waals surface area contributed by atoms with Crippen molar-refractivity contribution in [3.8, 4) is 5.75 Å². The number of hydrogen-bond acceptors (Lipinski definition) is 4. The first-order chi connectivity index (χ1) is 10.8. The van der Waals surface area contributed by atoms with Gasteiger partial charge in [0, 0.05) is 25.2 Å². The van der Waals surface area contributed by atoms with E-state index in [1.54, 1.807) is 7.11 Å². The molecule has 3 rings (SSSR count). The first-order valence-corrected chi connectivity index (χ1v) is 8.15. The zero-order valence-corrected chi connectivity index (χ0v) is 14.4. The van der Waals surface area contributed by atoms with Crippen LogP contribution in [0.15, 0.2) is 24.3 Å². The summed E-state index contributed by atoms with van der Waals surface area (Å²) in [7, 11) is 1.71. The highest BCUT2D eigenvalue weighted by Gasteiger charge is 2.29. The molecule has 1 aromatic carbocycles. The summed E-state index contributed by atoms with van der Waals surface area (Å²) in [6.07, 6.45) is 2.46. The van der Waals surface area contributed by atoms with E-state index in [9.17, 15) is 4.79 Å². The number of para-hydroxylation sites is 1. The Balaban J connectivity index is 0.00000192. The molecule has 1 unspecified atom stereocenters. The number of carbonyl (C=O) groups excluding carboxylic acids is 1. The fraction of sp³-hybridized carbons (Fsp3) is 0.588. The van der Waals surface area contributed by atoms with Crippen molar-refractivity contribution < 1.29 is 9.53 Å². The monoisotopic (exact) mass is 339 g/mol. The Morgan fingerprint density at radius 2 is 2.04 bits per heavy atom. The van der Waals surface area contributed by atoms with Crippen molar-refractivity contribution in [3.05, 3.63) is 29.8 Å². The number of rotatable bonds is 6. The molecule has 2 aliphatic rings. The highest BCUT2D eigenvalue weighted by molar-refractivity contribution is 5.85. The number of nitrogens with zero attached hydrogens (tertiary/aromatic N) is 1. The minimum Gasteiger partial charge on any atom is -0.496 e. The van der Waals surface area contributed by atoms with Gasteiger partial charge in [0.2, 0.25) is 5.91 Å². The van der Waals surface area contributed by atoms with Gasteiger partial charge in [0.25, 0.3) is 0 Å². The van der Waals surface area contributed by atoms with E-state index in [4.69, 9.17) is 4.74 Å². The van der Waals surface area contributed by atoms with Crippen molar-refractivity contribution in [2.24, 2.45) is 5.92 Å². The van der Waals surface area contributed by atoms with Crippen molar-refractivity contribution in [3.63, 3.8) is 0 Å². The van der Waals surface area contributed by atoms with E-state index < -0.39 is 0 Å². The topological polar surface area (TPSA) is 53.6 Å². The molecule has 1 atom stereocenters. The van der Waals surface area contributed by atoms with E-state index >= 15 is 0 Å². The minimum absolute atomic E-state index is 0. The van der Waals surface area contributed by atoms with E-state index in [1.165, 1.54) is 18.4 Å². The number of nitrogens with one attached hydrogen (secondary N) is 2. The molecule has 0 aliphatic carbocycles. The lowest BCUT2D eigenvalue weighted by atomic mass is 10.0. The van der Waals surface area contributed by atoms with Crippen LogP contribution in [0.25, 0.3) is 0 Å². The lowest BCUT2D eigenvalue weighted by Crippen LogP contribution is -2.51. The van der Waals surface area contributed by atoms with Gasteiger partial charge in [-0.15, -0.1) is 12.4 Å². The Labute approximate surface area is 144 Å². The van der Waals surface area contributed by atoms with Gasteiger partial charge in [-0.1, -0.05) is 18.2 Å². The number of likely N-dealkylation sites (tertiary alicyclic amines) is 1. The first-order valence-electron chi connectivity index (χ1n) is 8.15. The lowest BCUT2D eigenvalue weighted by molar-refractivity contribution is -0.126. The minimum atomic E-state index is 0. The van der Waals surface area contributed by atoms with E-state index in [-0.39, 0.29) is 30.3 Å². The van der Waals surface area contributed by atoms with Gasteiger partial charge < -0.3 is 15.4 Å². The van der Waals surface area contributed by atoms with Gasteiger partial charge in [0.05, 0.1) is 19.1 Å². The number of halogens is 1. The molecule has 2 fully saturated rings. The van der Waals surface area contributed by atoms with Crippen LogP contribution in [-0.2, 0) is 4.79 Å². The summed E-state index contributed by atoms with van der Waals surface area (Å²) in [5, 5.41) is 6.28. The molecule has 2 saturated heterocycles. The van der Waals surface area contributed by atoms with Gasteiger partial charge in [-0.2, -0.15) is 0 Å². The largest absolute Gasteiger partial charge is 0.496 e. The summed E-state index contributed by atoms with van der Waals surface area (Å²) in [5.74, 6) is 1.20. The number of methoxy groups -OCH3 is 1. The van der Waals surface area contributed by atoms with Crippen molar-refractivity contribution in [1.82, 2.24) is 15.5 Å². The van der Waals surface area contributed by atoms with Crippen molar-refractivity contribution >= 4 is 18.3 Å². The van der Waals surface area contributed by atoms with Crippen LogP contribution < -0.4 is 15.4 Å². The Morgan fingerprint density at radius 3 is 2.65 bits per heavy atom. The maximum absolute atomic E-state index is 12.1. The number of benzene rings is 1. The summed E-state index contributed by atoms with van der Waals surface area (Å²) in [6, 6.07) is 8.32. The van der Waals surface area contributed by atoms with Crippen LogP contribution in [0, 0.1) is 5.92 Å². The molecule has 0 bridgehead atoms. The third kappa shape index (κ3) is 4.16. The normalized spacial score (nSPS) is 19.5. The molecule has 5 nitrogen and oxygen atoms in total. The maximum Gasteiger partial charge on any atom is 0.225 e. The number of amides is 1. The second kappa shape index (κ2) is 8.52. The average Bonchev–Trinajstić information content (AvgIpc) is 3.00. The molecule has 23 heavy (non-hydrogen) atoms. The highest BCUT2D eigenvalue weighted by Crippen LogP contribution is 2.31. The quantitative estimate of drug-likeness (QED) is 0.826. The molecule has 0 spiro atoms. The molecule has 1 aromatic rings. The fourth-order valence-electron chi connectivity index (χ4n) is 3.25. The van der Waals surface area contributed by atoms with Crippen LogP contribution in [0.2, 0.25) is 0 Å². The molecular weight excluding hydrogens is 314 g/mol. The van der Waals surface area contributed by atoms with Crippen molar-refractivity contribution in [2.75, 3.05) is 39.8 Å². The van der Waals surface area contributed by atoms with Gasteiger partial charge in [-0.25, -0.2) is 0 Å². The third-order valence-corrected chi connectivity index (χ3v) is 4.70. The molecule has 0 aromatic heterocycles. The number of carbonyl (C=O) groups is 1. The zero-order valence-electron chi connectivity index (χ0n) is 13.6. The number of hydrogen-bond donors (Lipinski definition) is 2. The van der Waals surface area contributed by atoms with Gasteiger partial charge in [-0.05, 0) is 32.0 Å². The third-order valence-electron chi connectivity index (χ3n) is 4.70.